The predicted octanol–water partition coefficient (Wildman–Crippen LogP) is 3.49. The fourth-order valence-electron chi connectivity index (χ4n) is 3.68. The van der Waals surface area contributed by atoms with Gasteiger partial charge < -0.3 is 20.4 Å². The Labute approximate surface area is 170 Å². The van der Waals surface area contributed by atoms with E-state index in [1.807, 2.05) is 37.4 Å². The summed E-state index contributed by atoms with van der Waals surface area (Å²) in [6.45, 7) is 5.10. The summed E-state index contributed by atoms with van der Waals surface area (Å²) in [6.07, 6.45) is 1.62. The largest absolute Gasteiger partial charge is 0.467 e. The number of carbonyl (C=O) groups excluding carboxylic acids is 1. The molecule has 0 saturated heterocycles. The van der Waals surface area contributed by atoms with Crippen molar-refractivity contribution in [3.8, 4) is 0 Å². The Morgan fingerprint density at radius 1 is 1.17 bits per heavy atom. The van der Waals surface area contributed by atoms with Crippen LogP contribution in [0.5, 0.6) is 0 Å². The number of rotatable bonds is 7. The van der Waals surface area contributed by atoms with Crippen molar-refractivity contribution in [1.82, 2.24) is 10.3 Å². The molecule has 1 heterocycles. The second-order valence-corrected chi connectivity index (χ2v) is 7.28. The van der Waals surface area contributed by atoms with Crippen LogP contribution < -0.4 is 16.2 Å². The highest BCUT2D eigenvalue weighted by molar-refractivity contribution is 5.86. The molecule has 29 heavy (non-hydrogen) atoms. The molecule has 6 nitrogen and oxygen atoms in total. The van der Waals surface area contributed by atoms with Gasteiger partial charge in [0.25, 0.3) is 5.56 Å². The number of esters is 1. The van der Waals surface area contributed by atoms with Crippen molar-refractivity contribution in [1.29, 1.82) is 0 Å². The maximum Gasteiger partial charge on any atom is 0.332 e. The SMILES string of the molecule is CNC[C@H](C)c1ccc(C(Nc2ccc3cc[nH]c(=O)c3c2)C(=O)OC)cc1C. The number of benzene rings is 2. The van der Waals surface area contributed by atoms with Crippen LogP contribution in [-0.2, 0) is 9.53 Å². The Morgan fingerprint density at radius 2 is 1.97 bits per heavy atom. The van der Waals surface area contributed by atoms with Gasteiger partial charge in [-0.05, 0) is 60.2 Å². The fourth-order valence-corrected chi connectivity index (χ4v) is 3.68. The van der Waals surface area contributed by atoms with E-state index in [0.717, 1.165) is 23.1 Å². The molecule has 0 saturated carbocycles. The van der Waals surface area contributed by atoms with E-state index >= 15 is 0 Å². The Kier molecular flexibility index (Phi) is 6.34. The number of anilines is 1. The molecule has 0 aliphatic carbocycles. The molecule has 1 unspecified atom stereocenters. The molecule has 0 aliphatic rings. The molecule has 0 aliphatic heterocycles. The molecule has 3 N–H and O–H groups in total. The Morgan fingerprint density at radius 3 is 2.66 bits per heavy atom. The number of carbonyl (C=O) groups is 1. The number of fused-ring (bicyclic) bond motifs is 1. The summed E-state index contributed by atoms with van der Waals surface area (Å²) in [6, 6.07) is 12.7. The molecule has 2 atom stereocenters. The number of H-pyrrole nitrogens is 1. The van der Waals surface area contributed by atoms with Crippen LogP contribution in [0, 0.1) is 6.92 Å². The molecule has 2 aromatic carbocycles. The van der Waals surface area contributed by atoms with Gasteiger partial charge in [0, 0.05) is 23.8 Å². The van der Waals surface area contributed by atoms with E-state index in [1.165, 1.54) is 12.7 Å². The number of pyridine rings is 1. The third-order valence-electron chi connectivity index (χ3n) is 5.19. The van der Waals surface area contributed by atoms with Crippen LogP contribution >= 0.6 is 0 Å². The first-order valence-electron chi connectivity index (χ1n) is 9.65. The van der Waals surface area contributed by atoms with E-state index in [9.17, 15) is 9.59 Å². The van der Waals surface area contributed by atoms with Gasteiger partial charge in [0.05, 0.1) is 7.11 Å². The van der Waals surface area contributed by atoms with Crippen molar-refractivity contribution in [2.45, 2.75) is 25.8 Å². The number of nitrogens with one attached hydrogen (secondary N) is 3. The van der Waals surface area contributed by atoms with Crippen molar-refractivity contribution in [2.24, 2.45) is 0 Å². The summed E-state index contributed by atoms with van der Waals surface area (Å²) in [4.78, 5) is 27.3. The van der Waals surface area contributed by atoms with E-state index in [4.69, 9.17) is 4.74 Å². The van der Waals surface area contributed by atoms with Crippen LogP contribution in [0.3, 0.4) is 0 Å². The van der Waals surface area contributed by atoms with Gasteiger partial charge in [-0.1, -0.05) is 31.2 Å². The number of ether oxygens (including phenoxy) is 1. The van der Waals surface area contributed by atoms with Gasteiger partial charge in [0.2, 0.25) is 0 Å². The lowest BCUT2D eigenvalue weighted by Gasteiger charge is -2.21. The molecule has 3 aromatic rings. The standard InChI is InChI=1S/C23H27N3O3/c1-14-11-17(6-8-19(14)15(2)13-24-3)21(23(28)29-4)26-18-7-5-16-9-10-25-22(27)20(16)12-18/h5-12,15,21,24,26H,13H2,1-4H3,(H,25,27)/t15-,21?/m0/s1. The van der Waals surface area contributed by atoms with Gasteiger partial charge in [-0.3, -0.25) is 4.79 Å². The molecular weight excluding hydrogens is 366 g/mol. The normalized spacial score (nSPS) is 13.1. The highest BCUT2D eigenvalue weighted by atomic mass is 16.5. The first-order chi connectivity index (χ1) is 13.9. The summed E-state index contributed by atoms with van der Waals surface area (Å²) < 4.78 is 5.03. The van der Waals surface area contributed by atoms with Crippen molar-refractivity contribution in [2.75, 3.05) is 26.0 Å². The monoisotopic (exact) mass is 393 g/mol. The number of methoxy groups -OCH3 is 1. The second-order valence-electron chi connectivity index (χ2n) is 7.28. The van der Waals surface area contributed by atoms with Crippen LogP contribution in [0.15, 0.2) is 53.5 Å². The van der Waals surface area contributed by atoms with Gasteiger partial charge in [0.15, 0.2) is 6.04 Å². The summed E-state index contributed by atoms with van der Waals surface area (Å²) in [7, 11) is 3.31. The number of aromatic nitrogens is 1. The quantitative estimate of drug-likeness (QED) is 0.535. The van der Waals surface area contributed by atoms with Crippen LogP contribution in [0.2, 0.25) is 0 Å². The first-order valence-corrected chi connectivity index (χ1v) is 9.65. The number of hydrogen-bond donors (Lipinski definition) is 3. The lowest BCUT2D eigenvalue weighted by molar-refractivity contribution is -0.141. The summed E-state index contributed by atoms with van der Waals surface area (Å²) in [5.41, 5.74) is 3.69. The zero-order valence-electron chi connectivity index (χ0n) is 17.2. The Bertz CT molecular complexity index is 1070. The minimum atomic E-state index is -0.674. The van der Waals surface area contributed by atoms with E-state index in [2.05, 4.69) is 35.5 Å². The van der Waals surface area contributed by atoms with Crippen LogP contribution in [0.1, 0.15) is 35.6 Å². The molecule has 0 bridgehead atoms. The molecule has 0 radical (unpaired) electrons. The van der Waals surface area contributed by atoms with Crippen LogP contribution in [-0.4, -0.2) is 31.7 Å². The van der Waals surface area contributed by atoms with Gasteiger partial charge in [-0.2, -0.15) is 0 Å². The van der Waals surface area contributed by atoms with E-state index < -0.39 is 6.04 Å². The van der Waals surface area contributed by atoms with Crippen molar-refractivity contribution in [3.05, 3.63) is 75.7 Å². The van der Waals surface area contributed by atoms with Crippen LogP contribution in [0.4, 0.5) is 5.69 Å². The molecule has 0 spiro atoms. The van der Waals surface area contributed by atoms with Crippen molar-refractivity contribution >= 4 is 22.4 Å². The van der Waals surface area contributed by atoms with Gasteiger partial charge in [0.1, 0.15) is 0 Å². The lowest BCUT2D eigenvalue weighted by atomic mass is 9.93. The smallest absolute Gasteiger partial charge is 0.332 e. The van der Waals surface area contributed by atoms with E-state index in [-0.39, 0.29) is 11.5 Å². The third kappa shape index (κ3) is 4.49. The zero-order chi connectivity index (χ0) is 21.0. The van der Waals surface area contributed by atoms with Gasteiger partial charge in [-0.15, -0.1) is 0 Å². The summed E-state index contributed by atoms with van der Waals surface area (Å²) >= 11 is 0. The van der Waals surface area contributed by atoms with E-state index in [1.54, 1.807) is 12.3 Å². The highest BCUT2D eigenvalue weighted by Crippen LogP contribution is 2.27. The third-order valence-corrected chi connectivity index (χ3v) is 5.19. The first kappa shape index (κ1) is 20.6. The van der Waals surface area contributed by atoms with Crippen molar-refractivity contribution in [3.63, 3.8) is 0 Å². The van der Waals surface area contributed by atoms with E-state index in [0.29, 0.717) is 17.0 Å². The lowest BCUT2D eigenvalue weighted by Crippen LogP contribution is -2.23. The molecule has 1 aromatic heterocycles. The molecule has 6 heteroatoms. The molecule has 3 rings (SSSR count). The fraction of sp³-hybridized carbons (Fsp3) is 0.304. The topological polar surface area (TPSA) is 83.2 Å². The Balaban J connectivity index is 1.95. The molecule has 0 fully saturated rings. The predicted molar refractivity (Wildman–Crippen MR) is 116 cm³/mol. The second kappa shape index (κ2) is 8.92. The number of aromatic amines is 1. The maximum atomic E-state index is 12.5. The van der Waals surface area contributed by atoms with Gasteiger partial charge >= 0.3 is 5.97 Å². The molecule has 152 valence electrons. The number of hydrogen-bond acceptors (Lipinski definition) is 5. The summed E-state index contributed by atoms with van der Waals surface area (Å²) in [5, 5.41) is 7.83. The maximum absolute atomic E-state index is 12.5. The minimum Gasteiger partial charge on any atom is -0.467 e. The van der Waals surface area contributed by atoms with Crippen LogP contribution in [0.25, 0.3) is 10.8 Å². The van der Waals surface area contributed by atoms with Gasteiger partial charge in [-0.25, -0.2) is 4.79 Å². The average Bonchev–Trinajstić information content (AvgIpc) is 2.72. The molecule has 0 amide bonds. The average molecular weight is 393 g/mol. The number of aryl methyl sites for hydroxylation is 1. The minimum absolute atomic E-state index is 0.167. The van der Waals surface area contributed by atoms with Crippen molar-refractivity contribution < 1.29 is 9.53 Å². The zero-order valence-corrected chi connectivity index (χ0v) is 17.2. The Hall–Kier alpha value is -3.12. The highest BCUT2D eigenvalue weighted by Gasteiger charge is 2.22. The molecular formula is C23H27N3O3. The summed E-state index contributed by atoms with van der Waals surface area (Å²) in [5.74, 6) is -0.0201. The number of likely N-dealkylation sites (N-methyl/N-ethyl adjacent to an activating group) is 1.